The number of hydrogen-bond acceptors (Lipinski definition) is 1. The minimum absolute atomic E-state index is 0. The first-order valence-electron chi connectivity index (χ1n) is 5.61. The average Bonchev–Trinajstić information content (AvgIpc) is 2.28. The molecular weight excluding hydrogens is 520 g/mol. The van der Waals surface area contributed by atoms with Gasteiger partial charge in [0.05, 0.1) is 8.95 Å². The lowest BCUT2D eigenvalue weighted by Gasteiger charge is -2.04. The Hall–Kier alpha value is 0.180. The van der Waals surface area contributed by atoms with E-state index in [-0.39, 0.29) is 34.0 Å². The molecule has 0 saturated heterocycles. The van der Waals surface area contributed by atoms with Gasteiger partial charge in [-0.1, -0.05) is 0 Å². The van der Waals surface area contributed by atoms with Crippen molar-refractivity contribution in [2.24, 2.45) is 0 Å². The van der Waals surface area contributed by atoms with Gasteiger partial charge < -0.3 is 39.1 Å². The van der Waals surface area contributed by atoms with Crippen molar-refractivity contribution in [1.29, 1.82) is 0 Å². The standard InChI is InChI=1S/C13H14Br2N2O.2BrH/c14-11-3-1-5-16(7-11)9-13(18)10-17-6-2-4-12(15)8-17;;/h1-8,13,18H,9-10H2;2*1H/q+2;;/p-2. The number of aromatic nitrogens is 2. The molecule has 0 fully saturated rings. The number of pyridine rings is 2. The maximum atomic E-state index is 10.1. The van der Waals surface area contributed by atoms with Crippen LogP contribution in [0.4, 0.5) is 0 Å². The molecule has 0 aromatic carbocycles. The van der Waals surface area contributed by atoms with Crippen molar-refractivity contribution in [3.05, 3.63) is 58.0 Å². The Morgan fingerprint density at radius 1 is 0.900 bits per heavy atom. The molecule has 0 aliphatic carbocycles. The molecule has 0 atom stereocenters. The van der Waals surface area contributed by atoms with Gasteiger partial charge in [-0.05, 0) is 44.0 Å². The van der Waals surface area contributed by atoms with Crippen molar-refractivity contribution >= 4 is 31.9 Å². The largest absolute Gasteiger partial charge is 1.00 e. The lowest BCUT2D eigenvalue weighted by atomic mass is 10.3. The second kappa shape index (κ2) is 10.00. The van der Waals surface area contributed by atoms with Crippen LogP contribution in [0.5, 0.6) is 0 Å². The molecule has 3 nitrogen and oxygen atoms in total. The van der Waals surface area contributed by atoms with Crippen LogP contribution in [-0.4, -0.2) is 11.2 Å². The van der Waals surface area contributed by atoms with E-state index in [1.165, 1.54) is 0 Å². The Morgan fingerprint density at radius 2 is 1.30 bits per heavy atom. The minimum Gasteiger partial charge on any atom is -1.00 e. The predicted octanol–water partition coefficient (Wildman–Crippen LogP) is -4.14. The Balaban J connectivity index is 0.00000180. The van der Waals surface area contributed by atoms with Crippen LogP contribution in [-0.2, 0) is 13.1 Å². The van der Waals surface area contributed by atoms with Crippen LogP contribution in [0.1, 0.15) is 0 Å². The van der Waals surface area contributed by atoms with Gasteiger partial charge in [-0.25, -0.2) is 9.13 Å². The molecule has 0 amide bonds. The molecule has 2 aromatic rings. The van der Waals surface area contributed by atoms with Crippen molar-refractivity contribution in [2.45, 2.75) is 19.2 Å². The van der Waals surface area contributed by atoms with Crippen LogP contribution in [0.25, 0.3) is 0 Å². The Labute approximate surface area is 156 Å². The van der Waals surface area contributed by atoms with Crippen molar-refractivity contribution in [3.63, 3.8) is 0 Å². The number of aliphatic hydroxyl groups excluding tert-OH is 1. The molecule has 7 heteroatoms. The summed E-state index contributed by atoms with van der Waals surface area (Å²) in [7, 11) is 0. The lowest BCUT2D eigenvalue weighted by molar-refractivity contribution is -0.738. The zero-order valence-electron chi connectivity index (χ0n) is 10.5. The molecule has 0 aliphatic rings. The number of hydrogen-bond donors (Lipinski definition) is 1. The summed E-state index contributed by atoms with van der Waals surface area (Å²) in [6.45, 7) is 1.14. The summed E-state index contributed by atoms with van der Waals surface area (Å²) in [6.07, 6.45) is 7.37. The molecular formula is C13H14Br4N2O. The first-order valence-corrected chi connectivity index (χ1v) is 7.19. The van der Waals surface area contributed by atoms with Crippen molar-refractivity contribution in [1.82, 2.24) is 0 Å². The molecule has 2 aromatic heterocycles. The topological polar surface area (TPSA) is 28.0 Å². The van der Waals surface area contributed by atoms with Gasteiger partial charge in [0.1, 0.15) is 0 Å². The Kier molecular flexibility index (Phi) is 10.1. The Bertz CT molecular complexity index is 492. The van der Waals surface area contributed by atoms with Gasteiger partial charge in [0.25, 0.3) is 0 Å². The maximum absolute atomic E-state index is 10.1. The van der Waals surface area contributed by atoms with E-state index in [0.717, 1.165) is 8.95 Å². The summed E-state index contributed by atoms with van der Waals surface area (Å²) in [5.74, 6) is 0. The summed E-state index contributed by atoms with van der Waals surface area (Å²) in [5.41, 5.74) is 0. The molecule has 2 heterocycles. The van der Waals surface area contributed by atoms with Gasteiger partial charge in [0, 0.05) is 12.1 Å². The van der Waals surface area contributed by atoms with E-state index in [4.69, 9.17) is 0 Å². The molecule has 0 bridgehead atoms. The first-order chi connectivity index (χ1) is 8.63. The predicted molar refractivity (Wildman–Crippen MR) is 74.7 cm³/mol. The summed E-state index contributed by atoms with van der Waals surface area (Å²) in [5, 5.41) is 10.1. The third-order valence-electron chi connectivity index (χ3n) is 2.49. The molecule has 0 spiro atoms. The molecule has 0 unspecified atom stereocenters. The summed E-state index contributed by atoms with van der Waals surface area (Å²) >= 11 is 6.83. The molecule has 0 saturated carbocycles. The minimum atomic E-state index is -0.427. The normalized spacial score (nSPS) is 9.80. The van der Waals surface area contributed by atoms with Crippen LogP contribution in [0.15, 0.2) is 58.0 Å². The van der Waals surface area contributed by atoms with Crippen LogP contribution in [0.2, 0.25) is 0 Å². The summed E-state index contributed by atoms with van der Waals surface area (Å²) in [4.78, 5) is 0. The lowest BCUT2D eigenvalue weighted by Crippen LogP contribution is -3.00. The van der Waals surface area contributed by atoms with Crippen LogP contribution in [0.3, 0.4) is 0 Å². The zero-order chi connectivity index (χ0) is 13.0. The second-order valence-corrected chi connectivity index (χ2v) is 5.92. The highest BCUT2D eigenvalue weighted by atomic mass is 79.9. The van der Waals surface area contributed by atoms with Crippen molar-refractivity contribution < 1.29 is 48.2 Å². The smallest absolute Gasteiger partial charge is 0.183 e. The van der Waals surface area contributed by atoms with Gasteiger partial charge in [-0.15, -0.1) is 0 Å². The molecule has 110 valence electrons. The Morgan fingerprint density at radius 3 is 1.65 bits per heavy atom. The van der Waals surface area contributed by atoms with Gasteiger partial charge in [0.2, 0.25) is 0 Å². The SMILES string of the molecule is OC(C[n+]1cccc(Br)c1)C[n+]1cccc(Br)c1.[Br-].[Br-]. The number of halogens is 4. The van der Waals surface area contributed by atoms with E-state index in [1.54, 1.807) is 0 Å². The highest BCUT2D eigenvalue weighted by Gasteiger charge is 2.16. The van der Waals surface area contributed by atoms with E-state index in [1.807, 2.05) is 58.2 Å². The fourth-order valence-electron chi connectivity index (χ4n) is 1.75. The van der Waals surface area contributed by atoms with E-state index in [2.05, 4.69) is 31.9 Å². The molecule has 0 radical (unpaired) electrons. The summed E-state index contributed by atoms with van der Waals surface area (Å²) < 4.78 is 5.94. The van der Waals surface area contributed by atoms with E-state index in [9.17, 15) is 5.11 Å². The molecule has 1 N–H and O–H groups in total. The van der Waals surface area contributed by atoms with Crippen LogP contribution < -0.4 is 43.1 Å². The number of rotatable bonds is 4. The highest BCUT2D eigenvalue weighted by molar-refractivity contribution is 9.10. The average molecular weight is 534 g/mol. The second-order valence-electron chi connectivity index (χ2n) is 4.09. The van der Waals surface area contributed by atoms with Gasteiger partial charge in [0.15, 0.2) is 44.0 Å². The number of nitrogens with zero attached hydrogens (tertiary/aromatic N) is 2. The monoisotopic (exact) mass is 530 g/mol. The number of aliphatic hydroxyl groups is 1. The van der Waals surface area contributed by atoms with E-state index >= 15 is 0 Å². The van der Waals surface area contributed by atoms with E-state index in [0.29, 0.717) is 13.1 Å². The van der Waals surface area contributed by atoms with Gasteiger partial charge in [-0.3, -0.25) is 0 Å². The van der Waals surface area contributed by atoms with Crippen molar-refractivity contribution in [3.8, 4) is 0 Å². The fourth-order valence-corrected chi connectivity index (χ4v) is 2.58. The fraction of sp³-hybridized carbons (Fsp3) is 0.231. The molecule has 20 heavy (non-hydrogen) atoms. The summed E-state index contributed by atoms with van der Waals surface area (Å²) in [6, 6.07) is 7.82. The molecule has 0 aliphatic heterocycles. The third kappa shape index (κ3) is 6.76. The van der Waals surface area contributed by atoms with E-state index < -0.39 is 6.10 Å². The zero-order valence-corrected chi connectivity index (χ0v) is 16.8. The quantitative estimate of drug-likeness (QED) is 0.398. The van der Waals surface area contributed by atoms with Gasteiger partial charge >= 0.3 is 0 Å². The third-order valence-corrected chi connectivity index (χ3v) is 3.43. The van der Waals surface area contributed by atoms with Crippen LogP contribution in [0, 0.1) is 0 Å². The first kappa shape index (κ1) is 20.2. The van der Waals surface area contributed by atoms with Gasteiger partial charge in [-0.2, -0.15) is 0 Å². The van der Waals surface area contributed by atoms with Crippen LogP contribution >= 0.6 is 31.9 Å². The van der Waals surface area contributed by atoms with Crippen molar-refractivity contribution in [2.75, 3.05) is 0 Å². The molecule has 2 rings (SSSR count). The highest BCUT2D eigenvalue weighted by Crippen LogP contribution is 2.04. The maximum Gasteiger partial charge on any atom is 0.183 e.